The maximum Gasteiger partial charge on any atom is 0.338 e. The largest absolute Gasteiger partial charge is 0.490 e. The van der Waals surface area contributed by atoms with Gasteiger partial charge in [-0.05, 0) is 56.0 Å². The van der Waals surface area contributed by atoms with Crippen LogP contribution in [-0.4, -0.2) is 31.7 Å². The van der Waals surface area contributed by atoms with E-state index in [1.807, 2.05) is 38.1 Å². The number of para-hydroxylation sites is 1. The number of hydrogen-bond acceptors (Lipinski definition) is 5. The molecule has 1 atom stereocenters. The lowest BCUT2D eigenvalue weighted by atomic mass is 9.97. The molecular formula is C23H29NO5. The number of hydrogen-bond donors (Lipinski definition) is 1. The van der Waals surface area contributed by atoms with Gasteiger partial charge in [0.1, 0.15) is 0 Å². The predicted octanol–water partition coefficient (Wildman–Crippen LogP) is 4.79. The van der Waals surface area contributed by atoms with E-state index in [0.717, 1.165) is 17.7 Å². The number of benzene rings is 2. The van der Waals surface area contributed by atoms with Crippen molar-refractivity contribution in [2.75, 3.05) is 25.1 Å². The molecule has 6 nitrogen and oxygen atoms in total. The van der Waals surface area contributed by atoms with Crippen LogP contribution in [0.1, 0.15) is 56.0 Å². The summed E-state index contributed by atoms with van der Waals surface area (Å²) < 4.78 is 16.2. The molecule has 0 aromatic heterocycles. The number of anilines is 1. The van der Waals surface area contributed by atoms with Gasteiger partial charge in [0.2, 0.25) is 0 Å². The Morgan fingerprint density at radius 2 is 1.66 bits per heavy atom. The monoisotopic (exact) mass is 399 g/mol. The van der Waals surface area contributed by atoms with Gasteiger partial charge in [0.15, 0.2) is 18.1 Å². The first-order chi connectivity index (χ1) is 14.0. The van der Waals surface area contributed by atoms with Crippen molar-refractivity contribution < 1.29 is 23.8 Å². The van der Waals surface area contributed by atoms with E-state index in [-0.39, 0.29) is 12.5 Å². The van der Waals surface area contributed by atoms with Crippen molar-refractivity contribution in [2.45, 2.75) is 40.0 Å². The van der Waals surface area contributed by atoms with Gasteiger partial charge in [-0.2, -0.15) is 0 Å². The topological polar surface area (TPSA) is 73.9 Å². The van der Waals surface area contributed by atoms with Crippen LogP contribution in [0, 0.1) is 0 Å². The number of carbonyl (C=O) groups is 2. The number of ether oxygens (including phenoxy) is 3. The van der Waals surface area contributed by atoms with E-state index in [9.17, 15) is 9.59 Å². The van der Waals surface area contributed by atoms with Gasteiger partial charge in [-0.25, -0.2) is 4.79 Å². The van der Waals surface area contributed by atoms with E-state index in [4.69, 9.17) is 14.2 Å². The van der Waals surface area contributed by atoms with Crippen LogP contribution in [0.15, 0.2) is 42.5 Å². The molecule has 0 aliphatic heterocycles. The van der Waals surface area contributed by atoms with Crippen molar-refractivity contribution in [1.29, 1.82) is 0 Å². The normalized spacial score (nSPS) is 11.4. The van der Waals surface area contributed by atoms with Gasteiger partial charge >= 0.3 is 5.97 Å². The van der Waals surface area contributed by atoms with Crippen LogP contribution in [0.3, 0.4) is 0 Å². The van der Waals surface area contributed by atoms with Crippen LogP contribution < -0.4 is 14.8 Å². The molecule has 2 aromatic rings. The van der Waals surface area contributed by atoms with Crippen LogP contribution in [-0.2, 0) is 9.53 Å². The summed E-state index contributed by atoms with van der Waals surface area (Å²) in [5.74, 6) is 0.361. The fourth-order valence-corrected chi connectivity index (χ4v) is 2.84. The van der Waals surface area contributed by atoms with Crippen molar-refractivity contribution >= 4 is 17.6 Å². The Hall–Kier alpha value is -3.02. The zero-order valence-electron chi connectivity index (χ0n) is 17.5. The second-order valence-corrected chi connectivity index (χ2v) is 6.55. The first-order valence-electron chi connectivity index (χ1n) is 9.95. The third-order valence-electron chi connectivity index (χ3n) is 4.49. The highest BCUT2D eigenvalue weighted by atomic mass is 16.5. The highest BCUT2D eigenvalue weighted by Crippen LogP contribution is 2.29. The fraction of sp³-hybridized carbons (Fsp3) is 0.391. The number of amides is 1. The standard InChI is InChI=1S/C23H29NO5/c1-5-16(4)18-10-8-9-11-19(18)24-22(25)15-29-23(26)17-12-13-20(27-6-2)21(14-17)28-7-3/h8-14,16H,5-7,15H2,1-4H3,(H,24,25)/t16-/m1/s1. The first kappa shape index (κ1) is 22.3. The van der Waals surface area contributed by atoms with E-state index in [2.05, 4.69) is 19.2 Å². The van der Waals surface area contributed by atoms with Crippen LogP contribution in [0.4, 0.5) is 5.69 Å². The number of carbonyl (C=O) groups excluding carboxylic acids is 2. The molecule has 0 heterocycles. The molecule has 1 amide bonds. The molecule has 156 valence electrons. The molecule has 0 aliphatic carbocycles. The van der Waals surface area contributed by atoms with E-state index in [1.54, 1.807) is 18.2 Å². The van der Waals surface area contributed by atoms with Gasteiger partial charge in [0.25, 0.3) is 5.91 Å². The molecule has 0 spiro atoms. The molecule has 29 heavy (non-hydrogen) atoms. The second-order valence-electron chi connectivity index (χ2n) is 6.55. The SMILES string of the molecule is CCOc1ccc(C(=O)OCC(=O)Nc2ccccc2[C@H](C)CC)cc1OCC. The summed E-state index contributed by atoms with van der Waals surface area (Å²) in [6.07, 6.45) is 0.960. The van der Waals surface area contributed by atoms with Crippen molar-refractivity contribution in [3.8, 4) is 11.5 Å². The Morgan fingerprint density at radius 1 is 0.966 bits per heavy atom. The van der Waals surface area contributed by atoms with Gasteiger partial charge < -0.3 is 19.5 Å². The molecule has 0 fully saturated rings. The maximum atomic E-state index is 12.4. The molecule has 2 rings (SSSR count). The van der Waals surface area contributed by atoms with Gasteiger partial charge in [0.05, 0.1) is 18.8 Å². The van der Waals surface area contributed by atoms with Crippen LogP contribution in [0.5, 0.6) is 11.5 Å². The first-order valence-corrected chi connectivity index (χ1v) is 9.95. The van der Waals surface area contributed by atoms with Crippen LogP contribution in [0.25, 0.3) is 0 Å². The summed E-state index contributed by atoms with van der Waals surface area (Å²) in [6, 6.07) is 12.5. The van der Waals surface area contributed by atoms with Gasteiger partial charge in [-0.3, -0.25) is 4.79 Å². The van der Waals surface area contributed by atoms with Gasteiger partial charge in [0, 0.05) is 5.69 Å². The zero-order chi connectivity index (χ0) is 21.2. The Labute approximate surface area is 172 Å². The average Bonchev–Trinajstić information content (AvgIpc) is 2.73. The number of rotatable bonds is 10. The summed E-state index contributed by atoms with van der Waals surface area (Å²) in [5.41, 5.74) is 2.09. The molecule has 0 radical (unpaired) electrons. The Kier molecular flexibility index (Phi) is 8.52. The number of esters is 1. The molecule has 6 heteroatoms. The van der Waals surface area contributed by atoms with Crippen LogP contribution >= 0.6 is 0 Å². The molecule has 0 saturated carbocycles. The molecular weight excluding hydrogens is 370 g/mol. The highest BCUT2D eigenvalue weighted by molar-refractivity contribution is 5.96. The zero-order valence-corrected chi connectivity index (χ0v) is 17.5. The third-order valence-corrected chi connectivity index (χ3v) is 4.49. The van der Waals surface area contributed by atoms with E-state index >= 15 is 0 Å². The van der Waals surface area contributed by atoms with E-state index < -0.39 is 5.97 Å². The summed E-state index contributed by atoms with van der Waals surface area (Å²) in [7, 11) is 0. The average molecular weight is 399 g/mol. The highest BCUT2D eigenvalue weighted by Gasteiger charge is 2.16. The summed E-state index contributed by atoms with van der Waals surface area (Å²) >= 11 is 0. The van der Waals surface area contributed by atoms with Crippen LogP contribution in [0.2, 0.25) is 0 Å². The predicted molar refractivity (Wildman–Crippen MR) is 113 cm³/mol. The molecule has 0 unspecified atom stereocenters. The minimum absolute atomic E-state index is 0.296. The Morgan fingerprint density at radius 3 is 2.34 bits per heavy atom. The van der Waals surface area contributed by atoms with Crippen molar-refractivity contribution in [2.24, 2.45) is 0 Å². The molecule has 0 saturated heterocycles. The molecule has 2 aromatic carbocycles. The second kappa shape index (κ2) is 11.1. The van der Waals surface area contributed by atoms with Gasteiger partial charge in [-0.15, -0.1) is 0 Å². The quantitative estimate of drug-likeness (QED) is 0.581. The van der Waals surface area contributed by atoms with Crippen molar-refractivity contribution in [3.63, 3.8) is 0 Å². The summed E-state index contributed by atoms with van der Waals surface area (Å²) in [5, 5.41) is 2.83. The van der Waals surface area contributed by atoms with E-state index in [1.165, 1.54) is 0 Å². The minimum Gasteiger partial charge on any atom is -0.490 e. The minimum atomic E-state index is -0.598. The lowest BCUT2D eigenvalue weighted by Crippen LogP contribution is -2.21. The van der Waals surface area contributed by atoms with Crippen molar-refractivity contribution in [3.05, 3.63) is 53.6 Å². The number of nitrogens with one attached hydrogen (secondary N) is 1. The summed E-state index contributed by atoms with van der Waals surface area (Å²) in [4.78, 5) is 24.6. The lowest BCUT2D eigenvalue weighted by Gasteiger charge is -2.15. The molecule has 1 N–H and O–H groups in total. The summed E-state index contributed by atoms with van der Waals surface area (Å²) in [6.45, 7) is 8.48. The van der Waals surface area contributed by atoms with E-state index in [0.29, 0.717) is 36.2 Å². The lowest BCUT2D eigenvalue weighted by molar-refractivity contribution is -0.119. The van der Waals surface area contributed by atoms with Gasteiger partial charge in [-0.1, -0.05) is 32.0 Å². The maximum absolute atomic E-state index is 12.4. The smallest absolute Gasteiger partial charge is 0.338 e. The fourth-order valence-electron chi connectivity index (χ4n) is 2.84. The Bertz CT molecular complexity index is 834. The van der Waals surface area contributed by atoms with Crippen molar-refractivity contribution in [1.82, 2.24) is 0 Å². The molecule has 0 aliphatic rings. The molecule has 0 bridgehead atoms. The third kappa shape index (κ3) is 6.24. The Balaban J connectivity index is 2.00.